The molecule has 2 heterocycles. The number of hydrogen-bond acceptors (Lipinski definition) is 8. The molecule has 2 aliphatic rings. The van der Waals surface area contributed by atoms with Gasteiger partial charge in [-0.05, 0) is 47.1 Å². The van der Waals surface area contributed by atoms with Crippen molar-refractivity contribution in [1.82, 2.24) is 14.7 Å². The van der Waals surface area contributed by atoms with Gasteiger partial charge in [0.25, 0.3) is 10.1 Å². The predicted molar refractivity (Wildman–Crippen MR) is 106 cm³/mol. The van der Waals surface area contributed by atoms with Gasteiger partial charge in [0, 0.05) is 32.7 Å². The van der Waals surface area contributed by atoms with E-state index >= 15 is 0 Å². The Morgan fingerprint density at radius 1 is 1.14 bits per heavy atom. The molecule has 2 fully saturated rings. The van der Waals surface area contributed by atoms with Crippen molar-refractivity contribution in [2.24, 2.45) is 0 Å². The number of nitrogens with zero attached hydrogens (tertiary/aromatic N) is 3. The van der Waals surface area contributed by atoms with E-state index in [1.807, 2.05) is 20.8 Å². The molecule has 168 valence electrons. The number of amides is 2. The van der Waals surface area contributed by atoms with Crippen LogP contribution in [0.5, 0.6) is 0 Å². The Labute approximate surface area is 173 Å². The van der Waals surface area contributed by atoms with Gasteiger partial charge >= 0.3 is 12.2 Å². The molecule has 2 amide bonds. The van der Waals surface area contributed by atoms with Crippen molar-refractivity contribution in [3.63, 3.8) is 0 Å². The van der Waals surface area contributed by atoms with Gasteiger partial charge in [0.1, 0.15) is 5.60 Å². The standard InChI is InChI=1S/C18H33N3O7S/c1-14-15(28-29(5,24)25)26-17(23)21(14)9-7-6-8-19-10-12-20(13-11-19)16(22)27-18(2,3)4/h14-15H,6-13H2,1-5H3. The van der Waals surface area contributed by atoms with Gasteiger partial charge in [-0.2, -0.15) is 8.42 Å². The molecule has 0 aromatic rings. The van der Waals surface area contributed by atoms with Crippen LogP contribution in [-0.2, 0) is 23.8 Å². The van der Waals surface area contributed by atoms with Crippen molar-refractivity contribution >= 4 is 22.3 Å². The summed E-state index contributed by atoms with van der Waals surface area (Å²) in [6, 6.07) is -0.463. The molecule has 2 saturated heterocycles. The minimum Gasteiger partial charge on any atom is -0.444 e. The molecule has 2 rings (SSSR count). The first-order valence-corrected chi connectivity index (χ1v) is 11.7. The summed E-state index contributed by atoms with van der Waals surface area (Å²) >= 11 is 0. The van der Waals surface area contributed by atoms with Gasteiger partial charge in [-0.15, -0.1) is 0 Å². The number of hydrogen-bond donors (Lipinski definition) is 0. The molecular weight excluding hydrogens is 402 g/mol. The van der Waals surface area contributed by atoms with Crippen molar-refractivity contribution in [3.8, 4) is 0 Å². The Balaban J connectivity index is 1.66. The van der Waals surface area contributed by atoms with E-state index in [1.165, 1.54) is 4.90 Å². The highest BCUT2D eigenvalue weighted by molar-refractivity contribution is 7.86. The van der Waals surface area contributed by atoms with Gasteiger partial charge in [-0.25, -0.2) is 13.8 Å². The third kappa shape index (κ3) is 7.63. The summed E-state index contributed by atoms with van der Waals surface area (Å²) in [5, 5.41) is 0. The average Bonchev–Trinajstić information content (AvgIpc) is 2.83. The van der Waals surface area contributed by atoms with E-state index in [0.717, 1.165) is 38.7 Å². The Bertz CT molecular complexity index is 684. The van der Waals surface area contributed by atoms with Crippen LogP contribution in [0.4, 0.5) is 9.59 Å². The molecule has 0 aromatic carbocycles. The van der Waals surface area contributed by atoms with Gasteiger partial charge in [-0.1, -0.05) is 0 Å². The fraction of sp³-hybridized carbons (Fsp3) is 0.889. The molecule has 10 nitrogen and oxygen atoms in total. The largest absolute Gasteiger partial charge is 0.444 e. The minimum atomic E-state index is -3.70. The summed E-state index contributed by atoms with van der Waals surface area (Å²) in [4.78, 5) is 29.5. The number of cyclic esters (lactones) is 1. The molecule has 0 saturated carbocycles. The van der Waals surface area contributed by atoms with Crippen LogP contribution in [0.2, 0.25) is 0 Å². The Hall–Kier alpha value is -1.59. The highest BCUT2D eigenvalue weighted by atomic mass is 32.2. The zero-order valence-electron chi connectivity index (χ0n) is 17.9. The molecule has 0 aromatic heterocycles. The van der Waals surface area contributed by atoms with E-state index in [-0.39, 0.29) is 6.09 Å². The Kier molecular flexibility index (Phi) is 7.74. The number of carbonyl (C=O) groups excluding carboxylic acids is 2. The molecule has 2 aliphatic heterocycles. The third-order valence-electron chi connectivity index (χ3n) is 4.75. The van der Waals surface area contributed by atoms with Crippen LogP contribution in [0, 0.1) is 0 Å². The molecule has 0 bridgehead atoms. The molecule has 29 heavy (non-hydrogen) atoms. The van der Waals surface area contributed by atoms with Crippen LogP contribution in [-0.4, -0.2) is 98.8 Å². The molecule has 0 aliphatic carbocycles. The third-order valence-corrected chi connectivity index (χ3v) is 5.29. The van der Waals surface area contributed by atoms with Crippen molar-refractivity contribution < 1.29 is 31.7 Å². The van der Waals surface area contributed by atoms with E-state index in [0.29, 0.717) is 19.6 Å². The molecule has 2 atom stereocenters. The fourth-order valence-corrected chi connectivity index (χ4v) is 3.79. The quantitative estimate of drug-likeness (QED) is 0.437. The SMILES string of the molecule is CC1C(OS(C)(=O)=O)OC(=O)N1CCCCN1CCN(C(=O)OC(C)(C)C)CC1. The van der Waals surface area contributed by atoms with Gasteiger partial charge in [0.15, 0.2) is 0 Å². The maximum atomic E-state index is 12.1. The molecule has 0 spiro atoms. The molecule has 11 heteroatoms. The van der Waals surface area contributed by atoms with Crippen molar-refractivity contribution in [2.45, 2.75) is 58.5 Å². The maximum Gasteiger partial charge on any atom is 0.412 e. The zero-order chi connectivity index (χ0) is 21.8. The Morgan fingerprint density at radius 2 is 1.72 bits per heavy atom. The van der Waals surface area contributed by atoms with Crippen LogP contribution in [0.1, 0.15) is 40.5 Å². The second kappa shape index (κ2) is 9.48. The second-order valence-electron chi connectivity index (χ2n) is 8.50. The number of carbonyl (C=O) groups is 2. The van der Waals surface area contributed by atoms with Crippen LogP contribution in [0.25, 0.3) is 0 Å². The van der Waals surface area contributed by atoms with Crippen LogP contribution in [0.3, 0.4) is 0 Å². The van der Waals surface area contributed by atoms with Gasteiger partial charge in [0.2, 0.25) is 6.29 Å². The summed E-state index contributed by atoms with van der Waals surface area (Å²) < 4.78 is 37.7. The maximum absolute atomic E-state index is 12.1. The molecule has 0 N–H and O–H groups in total. The van der Waals surface area contributed by atoms with Crippen molar-refractivity contribution in [3.05, 3.63) is 0 Å². The first-order chi connectivity index (χ1) is 13.4. The average molecular weight is 436 g/mol. The molecule has 2 unspecified atom stereocenters. The van der Waals surface area contributed by atoms with E-state index in [2.05, 4.69) is 4.90 Å². The molecular formula is C18H33N3O7S. The summed E-state index contributed by atoms with van der Waals surface area (Å²) in [6.07, 6.45) is 0.636. The van der Waals surface area contributed by atoms with E-state index in [9.17, 15) is 18.0 Å². The lowest BCUT2D eigenvalue weighted by molar-refractivity contribution is -0.00751. The monoisotopic (exact) mass is 435 g/mol. The van der Waals surface area contributed by atoms with E-state index in [4.69, 9.17) is 13.7 Å². The number of piperazine rings is 1. The van der Waals surface area contributed by atoms with Gasteiger partial charge < -0.3 is 14.4 Å². The smallest absolute Gasteiger partial charge is 0.412 e. The summed E-state index contributed by atoms with van der Waals surface area (Å²) in [5.74, 6) is 0. The van der Waals surface area contributed by atoms with Crippen LogP contribution >= 0.6 is 0 Å². The highest BCUT2D eigenvalue weighted by Crippen LogP contribution is 2.22. The summed E-state index contributed by atoms with van der Waals surface area (Å²) in [6.45, 7) is 11.4. The van der Waals surface area contributed by atoms with Gasteiger partial charge in [-0.3, -0.25) is 9.80 Å². The molecule has 0 radical (unpaired) electrons. The lowest BCUT2D eigenvalue weighted by Gasteiger charge is -2.35. The van der Waals surface area contributed by atoms with Crippen molar-refractivity contribution in [1.29, 1.82) is 0 Å². The normalized spacial score (nSPS) is 24.0. The fourth-order valence-electron chi connectivity index (χ4n) is 3.24. The second-order valence-corrected chi connectivity index (χ2v) is 10.1. The first kappa shape index (κ1) is 23.7. The first-order valence-electron chi connectivity index (χ1n) is 9.91. The van der Waals surface area contributed by atoms with Crippen molar-refractivity contribution in [2.75, 3.05) is 45.5 Å². The topological polar surface area (TPSA) is 106 Å². The van der Waals surface area contributed by atoms with Crippen LogP contribution < -0.4 is 0 Å². The van der Waals surface area contributed by atoms with Gasteiger partial charge in [0.05, 0.1) is 12.3 Å². The number of rotatable bonds is 7. The highest BCUT2D eigenvalue weighted by Gasteiger charge is 2.41. The van der Waals surface area contributed by atoms with Crippen LogP contribution in [0.15, 0.2) is 0 Å². The lowest BCUT2D eigenvalue weighted by atomic mass is 10.2. The van der Waals surface area contributed by atoms with E-state index in [1.54, 1.807) is 11.8 Å². The summed E-state index contributed by atoms with van der Waals surface area (Å²) in [7, 11) is -3.70. The summed E-state index contributed by atoms with van der Waals surface area (Å²) in [5.41, 5.74) is -0.493. The predicted octanol–water partition coefficient (Wildman–Crippen LogP) is 1.46. The minimum absolute atomic E-state index is 0.274. The lowest BCUT2D eigenvalue weighted by Crippen LogP contribution is -2.50. The van der Waals surface area contributed by atoms with E-state index < -0.39 is 34.1 Å². The number of unbranched alkanes of at least 4 members (excludes halogenated alkanes) is 1. The Morgan fingerprint density at radius 3 is 2.28 bits per heavy atom. The zero-order valence-corrected chi connectivity index (χ0v) is 18.7. The number of ether oxygens (including phenoxy) is 2.